The molecule has 0 spiro atoms. The van der Waals surface area contributed by atoms with Crippen molar-refractivity contribution in [1.29, 1.82) is 0 Å². The first-order valence-corrected chi connectivity index (χ1v) is 6.11. The lowest BCUT2D eigenvalue weighted by Gasteiger charge is -2.25. The largest absolute Gasteiger partial charge is 0.416 e. The lowest BCUT2D eigenvalue weighted by atomic mass is 10.0. The van der Waals surface area contributed by atoms with Crippen LogP contribution in [-0.2, 0) is 6.18 Å². The molecular weight excluding hydrogens is 271 g/mol. The second-order valence-corrected chi connectivity index (χ2v) is 5.09. The first kappa shape index (κ1) is 16.3. The highest BCUT2D eigenvalue weighted by molar-refractivity contribution is 6.00. The number of amides is 1. The lowest BCUT2D eigenvalue weighted by Crippen LogP contribution is -2.43. The lowest BCUT2D eigenvalue weighted by molar-refractivity contribution is -0.137. The van der Waals surface area contributed by atoms with E-state index in [-0.39, 0.29) is 11.3 Å². The number of anilines is 1. The SMILES string of the molecule is CCC(C)(C)NC(=O)c1cc(C(F)(F)F)ccc1NN. The quantitative estimate of drug-likeness (QED) is 0.590. The molecule has 1 aromatic rings. The number of halogens is 3. The summed E-state index contributed by atoms with van der Waals surface area (Å²) in [5.41, 5.74) is 0.827. The molecule has 0 aliphatic carbocycles. The molecule has 0 radical (unpaired) electrons. The summed E-state index contributed by atoms with van der Waals surface area (Å²) in [5.74, 6) is 4.63. The number of hydrogen-bond donors (Lipinski definition) is 3. The third-order valence-corrected chi connectivity index (χ3v) is 3.08. The van der Waals surface area contributed by atoms with Gasteiger partial charge < -0.3 is 10.7 Å². The van der Waals surface area contributed by atoms with Gasteiger partial charge in [0.25, 0.3) is 5.91 Å². The van der Waals surface area contributed by atoms with E-state index in [1.165, 1.54) is 0 Å². The number of rotatable bonds is 4. The molecule has 1 rings (SSSR count). The van der Waals surface area contributed by atoms with E-state index in [9.17, 15) is 18.0 Å². The third kappa shape index (κ3) is 3.86. The summed E-state index contributed by atoms with van der Waals surface area (Å²) in [5, 5.41) is 2.67. The van der Waals surface area contributed by atoms with Gasteiger partial charge in [-0.2, -0.15) is 13.2 Å². The van der Waals surface area contributed by atoms with E-state index < -0.39 is 23.2 Å². The van der Waals surface area contributed by atoms with E-state index in [4.69, 9.17) is 5.84 Å². The van der Waals surface area contributed by atoms with Gasteiger partial charge in [-0.1, -0.05) is 6.92 Å². The van der Waals surface area contributed by atoms with Crippen LogP contribution in [0.1, 0.15) is 43.1 Å². The maximum absolute atomic E-state index is 12.7. The van der Waals surface area contributed by atoms with Crippen LogP contribution in [0.4, 0.5) is 18.9 Å². The molecule has 0 saturated heterocycles. The summed E-state index contributed by atoms with van der Waals surface area (Å²) < 4.78 is 38.1. The topological polar surface area (TPSA) is 67.2 Å². The van der Waals surface area contributed by atoms with Crippen LogP contribution in [-0.4, -0.2) is 11.4 Å². The zero-order valence-corrected chi connectivity index (χ0v) is 11.6. The molecule has 1 amide bonds. The monoisotopic (exact) mass is 289 g/mol. The Morgan fingerprint density at radius 3 is 2.35 bits per heavy atom. The van der Waals surface area contributed by atoms with E-state index in [0.29, 0.717) is 6.42 Å². The normalized spacial score (nSPS) is 12.2. The zero-order chi connectivity index (χ0) is 15.6. The molecule has 0 bridgehead atoms. The highest BCUT2D eigenvalue weighted by Crippen LogP contribution is 2.31. The number of nitrogens with one attached hydrogen (secondary N) is 2. The van der Waals surface area contributed by atoms with Gasteiger partial charge in [0.15, 0.2) is 0 Å². The van der Waals surface area contributed by atoms with Gasteiger partial charge in [0, 0.05) is 5.54 Å². The number of nitrogens with two attached hydrogens (primary N) is 1. The van der Waals surface area contributed by atoms with Crippen LogP contribution in [0.3, 0.4) is 0 Å². The van der Waals surface area contributed by atoms with Gasteiger partial charge in [0.05, 0.1) is 16.8 Å². The van der Waals surface area contributed by atoms with Crippen molar-refractivity contribution in [2.75, 3.05) is 5.43 Å². The third-order valence-electron chi connectivity index (χ3n) is 3.08. The number of carbonyl (C=O) groups excluding carboxylic acids is 1. The Hall–Kier alpha value is -1.76. The van der Waals surface area contributed by atoms with Crippen molar-refractivity contribution in [2.24, 2.45) is 5.84 Å². The number of carbonyl (C=O) groups is 1. The second-order valence-electron chi connectivity index (χ2n) is 5.09. The van der Waals surface area contributed by atoms with Crippen molar-refractivity contribution in [1.82, 2.24) is 5.32 Å². The smallest absolute Gasteiger partial charge is 0.347 e. The summed E-state index contributed by atoms with van der Waals surface area (Å²) in [6.07, 6.45) is -3.87. The molecule has 1 aromatic carbocycles. The molecule has 20 heavy (non-hydrogen) atoms. The van der Waals surface area contributed by atoms with Gasteiger partial charge in [-0.3, -0.25) is 10.6 Å². The molecular formula is C13H18F3N3O. The van der Waals surface area contributed by atoms with Gasteiger partial charge >= 0.3 is 6.18 Å². The average Bonchev–Trinajstić information content (AvgIpc) is 2.36. The van der Waals surface area contributed by atoms with Crippen LogP contribution in [0, 0.1) is 0 Å². The van der Waals surface area contributed by atoms with Crippen LogP contribution >= 0.6 is 0 Å². The predicted molar refractivity (Wildman–Crippen MR) is 71.1 cm³/mol. The van der Waals surface area contributed by atoms with E-state index >= 15 is 0 Å². The highest BCUT2D eigenvalue weighted by atomic mass is 19.4. The maximum Gasteiger partial charge on any atom is 0.416 e. The molecule has 4 N–H and O–H groups in total. The predicted octanol–water partition coefficient (Wildman–Crippen LogP) is 2.91. The summed E-state index contributed by atoms with van der Waals surface area (Å²) in [6.45, 7) is 5.44. The average molecular weight is 289 g/mol. The Morgan fingerprint density at radius 2 is 1.90 bits per heavy atom. The maximum atomic E-state index is 12.7. The fourth-order valence-electron chi connectivity index (χ4n) is 1.50. The molecule has 0 saturated carbocycles. The number of hydrogen-bond acceptors (Lipinski definition) is 3. The standard InChI is InChI=1S/C13H18F3N3O/c1-4-12(2,3)18-11(20)9-7-8(13(14,15)16)5-6-10(9)19-17/h5-7,19H,4,17H2,1-3H3,(H,18,20). The fourth-order valence-corrected chi connectivity index (χ4v) is 1.50. The van der Waals surface area contributed by atoms with Crippen LogP contribution in [0.2, 0.25) is 0 Å². The number of hydrazine groups is 1. The summed E-state index contributed by atoms with van der Waals surface area (Å²) in [6, 6.07) is 2.80. The molecule has 112 valence electrons. The van der Waals surface area contributed by atoms with Crippen LogP contribution in [0.15, 0.2) is 18.2 Å². The van der Waals surface area contributed by atoms with E-state index in [1.807, 2.05) is 6.92 Å². The first-order valence-electron chi connectivity index (χ1n) is 6.11. The molecule has 0 fully saturated rings. The molecule has 0 unspecified atom stereocenters. The Labute approximate surface area is 115 Å². The zero-order valence-electron chi connectivity index (χ0n) is 11.6. The van der Waals surface area contributed by atoms with Gasteiger partial charge in [-0.05, 0) is 38.5 Å². The first-order chi connectivity index (χ1) is 9.10. The van der Waals surface area contributed by atoms with Crippen LogP contribution in [0.25, 0.3) is 0 Å². The van der Waals surface area contributed by atoms with E-state index in [2.05, 4.69) is 10.7 Å². The van der Waals surface area contributed by atoms with Crippen molar-refractivity contribution >= 4 is 11.6 Å². The minimum Gasteiger partial charge on any atom is -0.347 e. The van der Waals surface area contributed by atoms with E-state index in [0.717, 1.165) is 18.2 Å². The van der Waals surface area contributed by atoms with Crippen LogP contribution in [0.5, 0.6) is 0 Å². The van der Waals surface area contributed by atoms with Crippen molar-refractivity contribution in [3.05, 3.63) is 29.3 Å². The Morgan fingerprint density at radius 1 is 1.30 bits per heavy atom. The molecule has 0 atom stereocenters. The van der Waals surface area contributed by atoms with Crippen molar-refractivity contribution in [3.8, 4) is 0 Å². The van der Waals surface area contributed by atoms with Gasteiger partial charge in [0.2, 0.25) is 0 Å². The molecule has 7 heteroatoms. The molecule has 0 aliphatic heterocycles. The van der Waals surface area contributed by atoms with Gasteiger partial charge in [-0.25, -0.2) is 0 Å². The fraction of sp³-hybridized carbons (Fsp3) is 0.462. The van der Waals surface area contributed by atoms with Gasteiger partial charge in [0.1, 0.15) is 0 Å². The summed E-state index contributed by atoms with van der Waals surface area (Å²) in [7, 11) is 0. The molecule has 0 aromatic heterocycles. The molecule has 0 aliphatic rings. The second kappa shape index (κ2) is 5.70. The minimum atomic E-state index is -4.51. The number of benzene rings is 1. The number of alkyl halides is 3. The Bertz CT molecular complexity index is 498. The number of nitrogen functional groups attached to an aromatic ring is 1. The van der Waals surface area contributed by atoms with Gasteiger partial charge in [-0.15, -0.1) is 0 Å². The summed E-state index contributed by atoms with van der Waals surface area (Å²) in [4.78, 5) is 12.1. The van der Waals surface area contributed by atoms with Crippen molar-refractivity contribution < 1.29 is 18.0 Å². The Balaban J connectivity index is 3.18. The Kier molecular flexibility index (Phi) is 4.65. The van der Waals surface area contributed by atoms with Crippen molar-refractivity contribution in [3.63, 3.8) is 0 Å². The van der Waals surface area contributed by atoms with E-state index in [1.54, 1.807) is 13.8 Å². The molecule has 0 heterocycles. The summed E-state index contributed by atoms with van der Waals surface area (Å²) >= 11 is 0. The highest BCUT2D eigenvalue weighted by Gasteiger charge is 2.32. The van der Waals surface area contributed by atoms with Crippen LogP contribution < -0.4 is 16.6 Å². The molecule has 4 nitrogen and oxygen atoms in total. The minimum absolute atomic E-state index is 0.135. The van der Waals surface area contributed by atoms with Crippen molar-refractivity contribution in [2.45, 2.75) is 38.9 Å².